The Hall–Kier alpha value is -2.01. The summed E-state index contributed by atoms with van der Waals surface area (Å²) >= 11 is 0. The van der Waals surface area contributed by atoms with Gasteiger partial charge in [-0.2, -0.15) is 13.2 Å². The molecular weight excluding hydrogens is 241 g/mol. The molecule has 0 aromatic heterocycles. The van der Waals surface area contributed by atoms with E-state index in [0.717, 1.165) is 0 Å². The molecule has 0 aliphatic rings. The number of para-hydroxylation sites is 1. The molecule has 18 heavy (non-hydrogen) atoms. The molecule has 0 fully saturated rings. The van der Waals surface area contributed by atoms with Gasteiger partial charge in [-0.1, -0.05) is 30.3 Å². The van der Waals surface area contributed by atoms with Crippen LogP contribution in [0.15, 0.2) is 48.5 Å². The lowest BCUT2D eigenvalue weighted by atomic mass is 10.0. The van der Waals surface area contributed by atoms with E-state index in [2.05, 4.69) is 5.73 Å². The smallest absolute Gasteiger partial charge is 0.325 e. The highest BCUT2D eigenvalue weighted by Crippen LogP contribution is 2.33. The van der Waals surface area contributed by atoms with Crippen LogP contribution in [-0.4, -0.2) is 6.30 Å². The van der Waals surface area contributed by atoms with Gasteiger partial charge >= 0.3 is 6.30 Å². The lowest BCUT2D eigenvalue weighted by Crippen LogP contribution is -2.40. The van der Waals surface area contributed by atoms with Gasteiger partial charge in [0.15, 0.2) is 0 Å². The second-order valence-electron chi connectivity index (χ2n) is 3.83. The number of halogens is 3. The van der Waals surface area contributed by atoms with E-state index < -0.39 is 6.30 Å². The van der Waals surface area contributed by atoms with E-state index in [1.807, 2.05) is 0 Å². The molecule has 0 heterocycles. The zero-order valence-corrected chi connectivity index (χ0v) is 9.46. The van der Waals surface area contributed by atoms with Crippen LogP contribution < -0.4 is 11.1 Å². The Kier molecular flexibility index (Phi) is 3.25. The Labute approximate surface area is 102 Å². The molecule has 2 nitrogen and oxygen atoms in total. The van der Waals surface area contributed by atoms with Crippen LogP contribution in [0.2, 0.25) is 0 Å². The standard InChI is InChI=1S/C13H11F3N2/c14-13(15,16)18-12-8-4-2-6-10(12)9-5-1-3-7-11(9)17/h1-8,18H,17H2/p+1. The van der Waals surface area contributed by atoms with E-state index in [0.29, 0.717) is 16.8 Å². The highest BCUT2D eigenvalue weighted by Gasteiger charge is 2.28. The van der Waals surface area contributed by atoms with Gasteiger partial charge < -0.3 is 5.73 Å². The maximum Gasteiger partial charge on any atom is 0.482 e. The van der Waals surface area contributed by atoms with E-state index in [9.17, 15) is 13.2 Å². The summed E-state index contributed by atoms with van der Waals surface area (Å²) in [5.41, 5.74) is 5.71. The van der Waals surface area contributed by atoms with Crippen molar-refractivity contribution in [2.75, 3.05) is 5.32 Å². The van der Waals surface area contributed by atoms with Crippen molar-refractivity contribution in [2.24, 2.45) is 0 Å². The first-order chi connectivity index (χ1) is 8.47. The summed E-state index contributed by atoms with van der Waals surface area (Å²) in [6, 6.07) is 13.4. The quantitative estimate of drug-likeness (QED) is 0.793. The lowest BCUT2D eigenvalue weighted by Gasteiger charge is -2.14. The van der Waals surface area contributed by atoms with E-state index in [4.69, 9.17) is 0 Å². The molecule has 0 aliphatic heterocycles. The molecule has 0 spiro atoms. The summed E-state index contributed by atoms with van der Waals surface area (Å²) < 4.78 is 37.2. The van der Waals surface area contributed by atoms with Crippen molar-refractivity contribution in [1.29, 1.82) is 0 Å². The molecule has 0 aliphatic carbocycles. The molecule has 2 aromatic carbocycles. The van der Waals surface area contributed by atoms with Gasteiger partial charge in [0.2, 0.25) is 0 Å². The van der Waals surface area contributed by atoms with Crippen LogP contribution in [-0.2, 0) is 0 Å². The second-order valence-corrected chi connectivity index (χ2v) is 3.83. The van der Waals surface area contributed by atoms with E-state index in [-0.39, 0.29) is 5.69 Å². The molecule has 0 amide bonds. The van der Waals surface area contributed by atoms with Crippen LogP contribution in [0.4, 0.5) is 24.5 Å². The monoisotopic (exact) mass is 253 g/mol. The van der Waals surface area contributed by atoms with Crippen LogP contribution in [0, 0.1) is 0 Å². The van der Waals surface area contributed by atoms with Gasteiger partial charge in [-0.05, 0) is 18.2 Å². The maximum atomic E-state index is 12.4. The zero-order chi connectivity index (χ0) is 13.2. The minimum Gasteiger partial charge on any atom is -0.325 e. The molecule has 4 N–H and O–H groups in total. The molecule has 0 saturated heterocycles. The number of anilines is 1. The van der Waals surface area contributed by atoms with Gasteiger partial charge in [0.25, 0.3) is 0 Å². The number of quaternary nitrogens is 1. The normalized spacial score (nSPS) is 11.3. The van der Waals surface area contributed by atoms with Crippen LogP contribution in [0.5, 0.6) is 0 Å². The first kappa shape index (κ1) is 12.4. The average Bonchev–Trinajstić information content (AvgIpc) is 2.29. The van der Waals surface area contributed by atoms with Crippen molar-refractivity contribution in [1.82, 2.24) is 0 Å². The predicted octanol–water partition coefficient (Wildman–Crippen LogP) is 3.16. The van der Waals surface area contributed by atoms with Crippen LogP contribution >= 0.6 is 0 Å². The van der Waals surface area contributed by atoms with Crippen LogP contribution in [0.1, 0.15) is 0 Å². The molecule has 0 atom stereocenters. The fraction of sp³-hybridized carbons (Fsp3) is 0.0769. The fourth-order valence-corrected chi connectivity index (χ4v) is 1.76. The number of rotatable bonds is 2. The Morgan fingerprint density at radius 2 is 1.39 bits per heavy atom. The highest BCUT2D eigenvalue weighted by atomic mass is 19.4. The summed E-state index contributed by atoms with van der Waals surface area (Å²) in [6.07, 6.45) is -4.45. The fourth-order valence-electron chi connectivity index (χ4n) is 1.76. The molecule has 5 heteroatoms. The zero-order valence-electron chi connectivity index (χ0n) is 9.46. The van der Waals surface area contributed by atoms with Crippen molar-refractivity contribution >= 4 is 11.4 Å². The Morgan fingerprint density at radius 3 is 2.00 bits per heavy atom. The van der Waals surface area contributed by atoms with Gasteiger partial charge in [-0.3, -0.25) is 5.32 Å². The van der Waals surface area contributed by atoms with Gasteiger partial charge in [-0.15, -0.1) is 0 Å². The first-order valence-electron chi connectivity index (χ1n) is 5.33. The Bertz CT molecular complexity index is 550. The molecule has 94 valence electrons. The molecule has 2 aromatic rings. The lowest BCUT2D eigenvalue weighted by molar-refractivity contribution is -0.253. The Morgan fingerprint density at radius 1 is 0.833 bits per heavy atom. The third-order valence-electron chi connectivity index (χ3n) is 2.51. The third kappa shape index (κ3) is 2.81. The number of alkyl halides is 3. The van der Waals surface area contributed by atoms with Crippen molar-refractivity contribution in [3.05, 3.63) is 48.5 Å². The maximum absolute atomic E-state index is 12.4. The number of nitrogens with one attached hydrogen (secondary N) is 1. The second kappa shape index (κ2) is 4.70. The van der Waals surface area contributed by atoms with E-state index in [1.54, 1.807) is 47.8 Å². The minimum atomic E-state index is -4.45. The van der Waals surface area contributed by atoms with E-state index in [1.165, 1.54) is 6.07 Å². The largest absolute Gasteiger partial charge is 0.482 e. The Balaban J connectivity index is 2.49. The van der Waals surface area contributed by atoms with Gasteiger partial charge in [0.05, 0.1) is 0 Å². The number of benzene rings is 2. The first-order valence-corrected chi connectivity index (χ1v) is 5.33. The van der Waals surface area contributed by atoms with Gasteiger partial charge in [0, 0.05) is 16.8 Å². The van der Waals surface area contributed by atoms with E-state index >= 15 is 0 Å². The molecule has 0 unspecified atom stereocenters. The third-order valence-corrected chi connectivity index (χ3v) is 2.51. The SMILES string of the molecule is [NH3+]c1ccccc1-c1ccccc1NC(F)(F)F. The molecular formula is C13H12F3N2+. The molecule has 0 saturated carbocycles. The molecule has 2 rings (SSSR count). The van der Waals surface area contributed by atoms with Gasteiger partial charge in [-0.25, -0.2) is 0 Å². The van der Waals surface area contributed by atoms with Crippen molar-refractivity contribution in [3.8, 4) is 11.1 Å². The van der Waals surface area contributed by atoms with Crippen molar-refractivity contribution in [2.45, 2.75) is 6.30 Å². The summed E-state index contributed by atoms with van der Waals surface area (Å²) in [6.45, 7) is 0. The molecule has 0 bridgehead atoms. The van der Waals surface area contributed by atoms with Gasteiger partial charge in [0.1, 0.15) is 5.69 Å². The predicted molar refractivity (Wildman–Crippen MR) is 64.1 cm³/mol. The topological polar surface area (TPSA) is 39.7 Å². The number of hydrogen-bond donors (Lipinski definition) is 2. The minimum absolute atomic E-state index is 0.0288. The van der Waals surface area contributed by atoms with Crippen molar-refractivity contribution < 1.29 is 18.9 Å². The summed E-state index contributed by atoms with van der Waals surface area (Å²) in [4.78, 5) is 0. The van der Waals surface area contributed by atoms with Crippen LogP contribution in [0.25, 0.3) is 11.1 Å². The summed E-state index contributed by atoms with van der Waals surface area (Å²) in [5, 5.41) is 1.55. The van der Waals surface area contributed by atoms with Crippen molar-refractivity contribution in [3.63, 3.8) is 0 Å². The van der Waals surface area contributed by atoms with Crippen LogP contribution in [0.3, 0.4) is 0 Å². The summed E-state index contributed by atoms with van der Waals surface area (Å²) in [5.74, 6) is 0. The summed E-state index contributed by atoms with van der Waals surface area (Å²) in [7, 11) is 0. The number of hydrogen-bond acceptors (Lipinski definition) is 1. The highest BCUT2D eigenvalue weighted by molar-refractivity contribution is 5.83. The molecule has 0 radical (unpaired) electrons. The average molecular weight is 253 g/mol.